The van der Waals surface area contributed by atoms with Crippen LogP contribution in [-0.4, -0.2) is 77.1 Å². The first-order chi connectivity index (χ1) is 22.3. The number of rotatable bonds is 15. The van der Waals surface area contributed by atoms with Crippen LogP contribution in [0.3, 0.4) is 0 Å². The van der Waals surface area contributed by atoms with Crippen molar-refractivity contribution in [2.75, 3.05) is 46.0 Å². The van der Waals surface area contributed by atoms with E-state index in [2.05, 4.69) is 4.90 Å². The van der Waals surface area contributed by atoms with Gasteiger partial charge in [-0.2, -0.15) is 0 Å². The summed E-state index contributed by atoms with van der Waals surface area (Å²) in [5, 5.41) is 9.61. The number of benzene rings is 3. The quantitative estimate of drug-likeness (QED) is 0.0988. The minimum absolute atomic E-state index is 0.158. The Morgan fingerprint density at radius 2 is 1.63 bits per heavy atom. The van der Waals surface area contributed by atoms with Crippen molar-refractivity contribution >= 4 is 57.9 Å². The number of ether oxygens (including phenoxy) is 3. The van der Waals surface area contributed by atoms with Gasteiger partial charge >= 0.3 is 5.97 Å². The fourth-order valence-corrected chi connectivity index (χ4v) is 6.75. The van der Waals surface area contributed by atoms with Gasteiger partial charge in [0.15, 0.2) is 0 Å². The number of carboxylic acids is 1. The molecule has 0 radical (unpaired) electrons. The lowest BCUT2D eigenvalue weighted by molar-refractivity contribution is -0.122. The zero-order valence-electron chi connectivity index (χ0n) is 25.7. The second-order valence-corrected chi connectivity index (χ2v) is 13.1. The summed E-state index contributed by atoms with van der Waals surface area (Å²) in [5.41, 5.74) is 2.85. The fraction of sp³-hybridized carbons (Fsp3) is 0.343. The molecule has 2 heterocycles. The zero-order chi connectivity index (χ0) is 32.5. The summed E-state index contributed by atoms with van der Waals surface area (Å²) in [7, 11) is 0. The van der Waals surface area contributed by atoms with E-state index >= 15 is 0 Å². The molecule has 0 aliphatic carbocycles. The Hall–Kier alpha value is -3.57. The van der Waals surface area contributed by atoms with E-state index in [0.29, 0.717) is 64.3 Å². The molecule has 46 heavy (non-hydrogen) atoms. The summed E-state index contributed by atoms with van der Waals surface area (Å²) in [4.78, 5) is 29.1. The summed E-state index contributed by atoms with van der Waals surface area (Å²) >= 11 is 13.4. The topological polar surface area (TPSA) is 88.5 Å². The number of thiocarbonyl (C=S) groups is 1. The number of thioether (sulfide) groups is 1. The molecule has 2 saturated heterocycles. The number of amides is 1. The van der Waals surface area contributed by atoms with Gasteiger partial charge in [-0.25, -0.2) is 4.79 Å². The van der Waals surface area contributed by atoms with Crippen LogP contribution in [0.15, 0.2) is 65.6 Å². The number of likely N-dealkylation sites (tertiary alicyclic amines) is 1. The molecule has 0 unspecified atom stereocenters. The number of halogens is 1. The SMILES string of the molecule is CCCOc1ccc(-c2ccc(OCCN3CCCC3)c(C=C3SC(=S)N(CCCOc4ccc(C(=O)O)cc4)C3=O)c2)cc1Cl. The van der Waals surface area contributed by atoms with Gasteiger partial charge in [0.25, 0.3) is 5.91 Å². The molecule has 0 saturated carbocycles. The maximum Gasteiger partial charge on any atom is 0.335 e. The molecular weight excluding hydrogens is 644 g/mol. The average Bonchev–Trinajstić information content (AvgIpc) is 3.66. The molecule has 1 N–H and O–H groups in total. The highest BCUT2D eigenvalue weighted by atomic mass is 35.5. The summed E-state index contributed by atoms with van der Waals surface area (Å²) in [5.74, 6) is 0.771. The Morgan fingerprint density at radius 3 is 2.33 bits per heavy atom. The number of carbonyl (C=O) groups is 2. The molecule has 1 amide bonds. The van der Waals surface area contributed by atoms with Gasteiger partial charge in [0.05, 0.1) is 28.7 Å². The second kappa shape index (κ2) is 16.3. The maximum absolute atomic E-state index is 13.5. The molecule has 0 atom stereocenters. The third-order valence-electron chi connectivity index (χ3n) is 7.66. The van der Waals surface area contributed by atoms with Crippen molar-refractivity contribution in [1.82, 2.24) is 9.80 Å². The predicted molar refractivity (Wildman–Crippen MR) is 187 cm³/mol. The van der Waals surface area contributed by atoms with Crippen LogP contribution in [0.1, 0.15) is 48.5 Å². The summed E-state index contributed by atoms with van der Waals surface area (Å²) in [6.07, 6.45) is 5.75. The Morgan fingerprint density at radius 1 is 0.935 bits per heavy atom. The predicted octanol–water partition coefficient (Wildman–Crippen LogP) is 7.64. The monoisotopic (exact) mass is 680 g/mol. The number of hydrogen-bond acceptors (Lipinski definition) is 8. The largest absolute Gasteiger partial charge is 0.494 e. The number of hydrogen-bond donors (Lipinski definition) is 1. The summed E-state index contributed by atoms with van der Waals surface area (Å²) in [6, 6.07) is 17.9. The lowest BCUT2D eigenvalue weighted by atomic mass is 10.0. The molecule has 242 valence electrons. The number of carboxylic acid groups (broad SMARTS) is 1. The molecule has 3 aromatic carbocycles. The number of aromatic carboxylic acids is 1. The van der Waals surface area contributed by atoms with Crippen molar-refractivity contribution < 1.29 is 28.9 Å². The van der Waals surface area contributed by atoms with Crippen molar-refractivity contribution in [3.63, 3.8) is 0 Å². The van der Waals surface area contributed by atoms with Crippen LogP contribution in [0.4, 0.5) is 0 Å². The van der Waals surface area contributed by atoms with Gasteiger partial charge in [0, 0.05) is 18.7 Å². The highest BCUT2D eigenvalue weighted by Crippen LogP contribution is 2.37. The van der Waals surface area contributed by atoms with E-state index in [1.54, 1.807) is 17.0 Å². The minimum atomic E-state index is -0.989. The van der Waals surface area contributed by atoms with Crippen LogP contribution in [0.25, 0.3) is 17.2 Å². The van der Waals surface area contributed by atoms with Gasteiger partial charge in [-0.15, -0.1) is 0 Å². The van der Waals surface area contributed by atoms with Gasteiger partial charge in [0.2, 0.25) is 0 Å². The Labute approximate surface area is 284 Å². The van der Waals surface area contributed by atoms with E-state index in [1.807, 2.05) is 49.4 Å². The smallest absolute Gasteiger partial charge is 0.335 e. The van der Waals surface area contributed by atoms with Gasteiger partial charge in [-0.1, -0.05) is 54.6 Å². The number of carbonyl (C=O) groups excluding carboxylic acids is 1. The van der Waals surface area contributed by atoms with Crippen molar-refractivity contribution in [2.24, 2.45) is 0 Å². The van der Waals surface area contributed by atoms with Gasteiger partial charge in [0.1, 0.15) is 28.2 Å². The Bertz CT molecular complexity index is 1590. The molecule has 3 aromatic rings. The third kappa shape index (κ3) is 8.82. The van der Waals surface area contributed by atoms with E-state index in [9.17, 15) is 9.59 Å². The maximum atomic E-state index is 13.5. The van der Waals surface area contributed by atoms with Crippen LogP contribution < -0.4 is 14.2 Å². The molecule has 8 nitrogen and oxygen atoms in total. The number of nitrogens with zero attached hydrogens (tertiary/aromatic N) is 2. The van der Waals surface area contributed by atoms with Crippen LogP contribution in [0.2, 0.25) is 5.02 Å². The van der Waals surface area contributed by atoms with E-state index in [4.69, 9.17) is 43.1 Å². The van der Waals surface area contributed by atoms with E-state index < -0.39 is 5.97 Å². The lowest BCUT2D eigenvalue weighted by Gasteiger charge is -2.17. The minimum Gasteiger partial charge on any atom is -0.494 e. The first-order valence-corrected chi connectivity index (χ1v) is 17.1. The van der Waals surface area contributed by atoms with Crippen LogP contribution >= 0.6 is 35.6 Å². The summed E-state index contributed by atoms with van der Waals surface area (Å²) < 4.78 is 18.2. The molecule has 11 heteroatoms. The standard InChI is InChI=1S/C35H37ClN2O6S2/c1-2-18-43-31-13-9-26(22-29(31)36)25-8-12-30(44-20-17-37-14-3-4-15-37)27(21-25)23-32-33(39)38(35(45)46-32)16-5-19-42-28-10-6-24(7-11-28)34(40)41/h6-13,21-23H,2-5,14-20H2,1H3,(H,40,41). The first kappa shape index (κ1) is 33.8. The second-order valence-electron chi connectivity index (χ2n) is 11.0. The lowest BCUT2D eigenvalue weighted by Crippen LogP contribution is -2.29. The van der Waals surface area contributed by atoms with Crippen LogP contribution in [0, 0.1) is 0 Å². The van der Waals surface area contributed by atoms with Gasteiger partial charge < -0.3 is 19.3 Å². The highest BCUT2D eigenvalue weighted by Gasteiger charge is 2.32. The molecule has 2 aliphatic rings. The molecule has 2 fully saturated rings. The molecule has 0 aromatic heterocycles. The highest BCUT2D eigenvalue weighted by molar-refractivity contribution is 8.26. The molecule has 5 rings (SSSR count). The summed E-state index contributed by atoms with van der Waals surface area (Å²) in [6.45, 7) is 6.99. The van der Waals surface area contributed by atoms with Crippen molar-refractivity contribution in [1.29, 1.82) is 0 Å². The normalized spacial score (nSPS) is 16.0. The first-order valence-electron chi connectivity index (χ1n) is 15.5. The van der Waals surface area contributed by atoms with Crippen molar-refractivity contribution in [3.05, 3.63) is 81.7 Å². The molecular formula is C35H37ClN2O6S2. The molecule has 0 spiro atoms. The van der Waals surface area contributed by atoms with Crippen LogP contribution in [0.5, 0.6) is 17.2 Å². The fourth-order valence-electron chi connectivity index (χ4n) is 5.21. The average molecular weight is 681 g/mol. The Kier molecular flexibility index (Phi) is 12.0. The molecule has 2 aliphatic heterocycles. The van der Waals surface area contributed by atoms with Crippen LogP contribution in [-0.2, 0) is 4.79 Å². The van der Waals surface area contributed by atoms with Crippen molar-refractivity contribution in [2.45, 2.75) is 32.6 Å². The third-order valence-corrected chi connectivity index (χ3v) is 9.33. The van der Waals surface area contributed by atoms with Crippen molar-refractivity contribution in [3.8, 4) is 28.4 Å². The van der Waals surface area contributed by atoms with E-state index in [0.717, 1.165) is 42.7 Å². The Balaban J connectivity index is 1.29. The van der Waals surface area contributed by atoms with Gasteiger partial charge in [-0.3, -0.25) is 14.6 Å². The van der Waals surface area contributed by atoms with E-state index in [-0.39, 0.29) is 11.5 Å². The molecule has 0 bridgehead atoms. The van der Waals surface area contributed by atoms with Gasteiger partial charge in [-0.05, 0) is 105 Å². The van der Waals surface area contributed by atoms with E-state index in [1.165, 1.54) is 36.7 Å². The zero-order valence-corrected chi connectivity index (χ0v) is 28.1.